The Morgan fingerprint density at radius 2 is 2.05 bits per heavy atom. The Morgan fingerprint density at radius 1 is 1.25 bits per heavy atom. The number of nitrogens with one attached hydrogen (secondary N) is 1. The van der Waals surface area contributed by atoms with Crippen molar-refractivity contribution in [2.75, 3.05) is 13.2 Å². The Balaban J connectivity index is 1.65. The molecule has 0 aliphatic heterocycles. The Morgan fingerprint density at radius 3 is 2.75 bits per heavy atom. The van der Waals surface area contributed by atoms with Gasteiger partial charge in [0.15, 0.2) is 0 Å². The van der Waals surface area contributed by atoms with E-state index in [0.717, 1.165) is 25.4 Å². The number of aromatic nitrogens is 1. The standard InChI is InChI=1S/C16H22N2OS/c1-16(2,12-19-9-15-10-20-13-18-15)11-17-8-14-6-4-3-5-7-14/h3-7,10,13,17H,8-9,11-12H2,1-2H3. The van der Waals surface area contributed by atoms with Gasteiger partial charge in [-0.2, -0.15) is 0 Å². The fourth-order valence-corrected chi connectivity index (χ4v) is 2.48. The number of rotatable bonds is 8. The zero-order valence-corrected chi connectivity index (χ0v) is 13.0. The van der Waals surface area contributed by atoms with Crippen LogP contribution in [0.25, 0.3) is 0 Å². The molecule has 3 nitrogen and oxygen atoms in total. The first-order valence-corrected chi connectivity index (χ1v) is 7.79. The molecule has 1 N–H and O–H groups in total. The van der Waals surface area contributed by atoms with Crippen molar-refractivity contribution in [3.8, 4) is 0 Å². The van der Waals surface area contributed by atoms with E-state index in [4.69, 9.17) is 4.74 Å². The average molecular weight is 290 g/mol. The Bertz CT molecular complexity index is 482. The van der Waals surface area contributed by atoms with Crippen molar-refractivity contribution in [3.63, 3.8) is 0 Å². The number of hydrogen-bond acceptors (Lipinski definition) is 4. The molecule has 0 spiro atoms. The monoisotopic (exact) mass is 290 g/mol. The van der Waals surface area contributed by atoms with Crippen molar-refractivity contribution in [1.29, 1.82) is 0 Å². The van der Waals surface area contributed by atoms with Gasteiger partial charge in [-0.25, -0.2) is 4.98 Å². The third-order valence-electron chi connectivity index (χ3n) is 3.00. The molecule has 0 saturated heterocycles. The normalized spacial score (nSPS) is 11.7. The maximum absolute atomic E-state index is 5.75. The van der Waals surface area contributed by atoms with Crippen molar-refractivity contribution < 1.29 is 4.74 Å². The summed E-state index contributed by atoms with van der Waals surface area (Å²) in [6.07, 6.45) is 0. The molecular formula is C16H22N2OS. The lowest BCUT2D eigenvalue weighted by molar-refractivity contribution is 0.0497. The minimum Gasteiger partial charge on any atom is -0.375 e. The molecule has 2 aromatic rings. The third-order valence-corrected chi connectivity index (χ3v) is 3.64. The summed E-state index contributed by atoms with van der Waals surface area (Å²) in [5, 5.41) is 5.52. The van der Waals surface area contributed by atoms with E-state index in [1.54, 1.807) is 11.3 Å². The topological polar surface area (TPSA) is 34.1 Å². The number of ether oxygens (including phenoxy) is 1. The van der Waals surface area contributed by atoms with Gasteiger partial charge in [0.2, 0.25) is 0 Å². The van der Waals surface area contributed by atoms with E-state index >= 15 is 0 Å². The molecule has 20 heavy (non-hydrogen) atoms. The van der Waals surface area contributed by atoms with Crippen molar-refractivity contribution in [2.45, 2.75) is 27.0 Å². The second kappa shape index (κ2) is 7.53. The van der Waals surface area contributed by atoms with Gasteiger partial charge in [-0.3, -0.25) is 0 Å². The third kappa shape index (κ3) is 5.41. The molecule has 1 aromatic heterocycles. The van der Waals surface area contributed by atoms with Gasteiger partial charge in [0, 0.05) is 23.9 Å². The molecule has 0 atom stereocenters. The fourth-order valence-electron chi connectivity index (χ4n) is 1.93. The second-order valence-corrected chi connectivity index (χ2v) is 6.44. The molecular weight excluding hydrogens is 268 g/mol. The van der Waals surface area contributed by atoms with Crippen LogP contribution in [0.15, 0.2) is 41.2 Å². The summed E-state index contributed by atoms with van der Waals surface area (Å²) in [6, 6.07) is 10.5. The van der Waals surface area contributed by atoms with Crippen molar-refractivity contribution in [2.24, 2.45) is 5.41 Å². The van der Waals surface area contributed by atoms with E-state index in [1.807, 2.05) is 17.0 Å². The summed E-state index contributed by atoms with van der Waals surface area (Å²) in [7, 11) is 0. The van der Waals surface area contributed by atoms with E-state index < -0.39 is 0 Å². The van der Waals surface area contributed by atoms with Gasteiger partial charge in [-0.05, 0) is 5.56 Å². The van der Waals surface area contributed by atoms with E-state index in [1.165, 1.54) is 5.56 Å². The van der Waals surface area contributed by atoms with Gasteiger partial charge in [0.05, 0.1) is 24.4 Å². The smallest absolute Gasteiger partial charge is 0.0896 e. The summed E-state index contributed by atoms with van der Waals surface area (Å²) in [5.41, 5.74) is 4.28. The highest BCUT2D eigenvalue weighted by molar-refractivity contribution is 7.07. The predicted molar refractivity (Wildman–Crippen MR) is 83.7 cm³/mol. The van der Waals surface area contributed by atoms with E-state index in [-0.39, 0.29) is 5.41 Å². The Hall–Kier alpha value is -1.23. The number of benzene rings is 1. The van der Waals surface area contributed by atoms with Crippen LogP contribution >= 0.6 is 11.3 Å². The predicted octanol–water partition coefficient (Wildman–Crippen LogP) is 3.48. The van der Waals surface area contributed by atoms with Crippen LogP contribution in [0.3, 0.4) is 0 Å². The fraction of sp³-hybridized carbons (Fsp3) is 0.438. The molecule has 0 bridgehead atoms. The first-order valence-electron chi connectivity index (χ1n) is 6.85. The minimum absolute atomic E-state index is 0.116. The van der Waals surface area contributed by atoms with E-state index in [2.05, 4.69) is 48.4 Å². The molecule has 0 amide bonds. The van der Waals surface area contributed by atoms with Crippen LogP contribution < -0.4 is 5.32 Å². The molecule has 0 aliphatic carbocycles. The van der Waals surface area contributed by atoms with Crippen LogP contribution in [0.5, 0.6) is 0 Å². The number of nitrogens with zero attached hydrogens (tertiary/aromatic N) is 1. The molecule has 0 saturated carbocycles. The maximum atomic E-state index is 5.75. The maximum Gasteiger partial charge on any atom is 0.0896 e. The van der Waals surface area contributed by atoms with Gasteiger partial charge >= 0.3 is 0 Å². The second-order valence-electron chi connectivity index (χ2n) is 5.73. The van der Waals surface area contributed by atoms with Gasteiger partial charge in [-0.15, -0.1) is 11.3 Å². The molecule has 0 unspecified atom stereocenters. The van der Waals surface area contributed by atoms with Gasteiger partial charge in [0.25, 0.3) is 0 Å². The van der Waals surface area contributed by atoms with Crippen LogP contribution in [0, 0.1) is 5.41 Å². The molecule has 1 aromatic carbocycles. The molecule has 0 fully saturated rings. The first-order chi connectivity index (χ1) is 9.66. The van der Waals surface area contributed by atoms with Crippen molar-refractivity contribution in [1.82, 2.24) is 10.3 Å². The minimum atomic E-state index is 0.116. The van der Waals surface area contributed by atoms with Crippen molar-refractivity contribution in [3.05, 3.63) is 52.5 Å². The molecule has 1 heterocycles. The average Bonchev–Trinajstić information content (AvgIpc) is 2.93. The Kier molecular flexibility index (Phi) is 5.71. The van der Waals surface area contributed by atoms with Gasteiger partial charge in [-0.1, -0.05) is 44.2 Å². The van der Waals surface area contributed by atoms with Crippen LogP contribution in [0.1, 0.15) is 25.1 Å². The van der Waals surface area contributed by atoms with E-state index in [0.29, 0.717) is 6.61 Å². The van der Waals surface area contributed by atoms with Gasteiger partial charge < -0.3 is 10.1 Å². The highest BCUT2D eigenvalue weighted by Crippen LogP contribution is 2.15. The number of hydrogen-bond donors (Lipinski definition) is 1. The Labute approximate surface area is 125 Å². The van der Waals surface area contributed by atoms with Crippen LogP contribution in [0.4, 0.5) is 0 Å². The summed E-state index contributed by atoms with van der Waals surface area (Å²) >= 11 is 1.61. The highest BCUT2D eigenvalue weighted by atomic mass is 32.1. The summed E-state index contributed by atoms with van der Waals surface area (Å²) < 4.78 is 5.75. The number of thiazole rings is 1. The quantitative estimate of drug-likeness (QED) is 0.808. The molecule has 0 radical (unpaired) electrons. The molecule has 0 aliphatic rings. The zero-order chi connectivity index (χ0) is 14.3. The van der Waals surface area contributed by atoms with Crippen LogP contribution in [-0.4, -0.2) is 18.1 Å². The van der Waals surface area contributed by atoms with Crippen LogP contribution in [-0.2, 0) is 17.9 Å². The van der Waals surface area contributed by atoms with E-state index in [9.17, 15) is 0 Å². The van der Waals surface area contributed by atoms with Crippen LogP contribution in [0.2, 0.25) is 0 Å². The lowest BCUT2D eigenvalue weighted by Gasteiger charge is -2.24. The summed E-state index contributed by atoms with van der Waals surface area (Å²) in [6.45, 7) is 7.59. The lowest BCUT2D eigenvalue weighted by Crippen LogP contribution is -2.33. The molecule has 4 heteroatoms. The lowest BCUT2D eigenvalue weighted by atomic mass is 9.95. The van der Waals surface area contributed by atoms with Crippen molar-refractivity contribution >= 4 is 11.3 Å². The molecule has 2 rings (SSSR count). The molecule has 108 valence electrons. The zero-order valence-electron chi connectivity index (χ0n) is 12.1. The highest BCUT2D eigenvalue weighted by Gasteiger charge is 2.17. The van der Waals surface area contributed by atoms with Gasteiger partial charge in [0.1, 0.15) is 0 Å². The first kappa shape index (κ1) is 15.2. The summed E-state index contributed by atoms with van der Waals surface area (Å²) in [4.78, 5) is 4.22. The largest absolute Gasteiger partial charge is 0.375 e. The summed E-state index contributed by atoms with van der Waals surface area (Å²) in [5.74, 6) is 0. The SMILES string of the molecule is CC(C)(CNCc1ccccc1)COCc1cscn1.